The molecule has 1 saturated carbocycles. The first-order valence-electron chi connectivity index (χ1n) is 20.1. The Labute approximate surface area is 338 Å². The molecule has 0 saturated heterocycles. The fourth-order valence-corrected chi connectivity index (χ4v) is 7.92. The molecule has 0 bridgehead atoms. The van der Waals surface area contributed by atoms with Gasteiger partial charge in [0.15, 0.2) is 0 Å². The third-order valence-electron chi connectivity index (χ3n) is 11.0. The van der Waals surface area contributed by atoms with Crippen molar-refractivity contribution >= 4 is 0 Å². The van der Waals surface area contributed by atoms with E-state index in [1.165, 1.54) is 11.1 Å². The minimum atomic E-state index is -1.49. The Bertz CT molecular complexity index is 2070. The molecule has 1 aliphatic rings. The maximum Gasteiger partial charge on any atom is 0.122 e. The molecule has 1 fully saturated rings. The Morgan fingerprint density at radius 2 is 1.04 bits per heavy atom. The van der Waals surface area contributed by atoms with Crippen LogP contribution in [0.2, 0.25) is 0 Å². The van der Waals surface area contributed by atoms with Crippen LogP contribution in [0, 0.1) is 5.92 Å². The molecule has 6 aromatic carbocycles. The van der Waals surface area contributed by atoms with Gasteiger partial charge in [0.25, 0.3) is 0 Å². The maximum atomic E-state index is 13.5. The Morgan fingerprint density at radius 1 is 0.544 bits per heavy atom. The van der Waals surface area contributed by atoms with E-state index in [1.54, 1.807) is 7.11 Å². The highest BCUT2D eigenvalue weighted by Crippen LogP contribution is 2.46. The van der Waals surface area contributed by atoms with E-state index in [0.717, 1.165) is 45.6 Å². The van der Waals surface area contributed by atoms with E-state index in [-0.39, 0.29) is 12.5 Å². The quantitative estimate of drug-likeness (QED) is 0.0941. The van der Waals surface area contributed by atoms with Crippen LogP contribution in [0.5, 0.6) is 5.75 Å². The molecule has 57 heavy (non-hydrogen) atoms. The van der Waals surface area contributed by atoms with Gasteiger partial charge in [-0.2, -0.15) is 0 Å². The predicted molar refractivity (Wildman–Crippen MR) is 225 cm³/mol. The molecule has 1 N–H and O–H groups in total. The number of aliphatic hydroxyl groups is 1. The lowest BCUT2D eigenvalue weighted by Crippen LogP contribution is -2.62. The average Bonchev–Trinajstić information content (AvgIpc) is 3.26. The number of ether oxygens (including phenoxy) is 5. The Hall–Kier alpha value is -5.08. The van der Waals surface area contributed by atoms with Gasteiger partial charge in [-0.3, -0.25) is 0 Å². The Kier molecular flexibility index (Phi) is 14.0. The van der Waals surface area contributed by atoms with E-state index in [2.05, 4.69) is 73.7 Å². The summed E-state index contributed by atoms with van der Waals surface area (Å²) in [5, 5.41) is 13.5. The summed E-state index contributed by atoms with van der Waals surface area (Å²) in [5.41, 5.74) is 6.85. The van der Waals surface area contributed by atoms with Crippen LogP contribution < -0.4 is 4.74 Å². The van der Waals surface area contributed by atoms with Gasteiger partial charge >= 0.3 is 0 Å². The molecule has 6 heteroatoms. The second kappa shape index (κ2) is 19.9. The highest BCUT2D eigenvalue weighted by molar-refractivity contribution is 5.44. The van der Waals surface area contributed by atoms with E-state index in [1.807, 2.05) is 97.1 Å². The number of hydrogen-bond donors (Lipinski definition) is 1. The van der Waals surface area contributed by atoms with E-state index >= 15 is 0 Å². The summed E-state index contributed by atoms with van der Waals surface area (Å²) in [4.78, 5) is 0. The van der Waals surface area contributed by atoms with Gasteiger partial charge < -0.3 is 28.8 Å². The Balaban J connectivity index is 1.30. The van der Waals surface area contributed by atoms with Crippen molar-refractivity contribution in [3.05, 3.63) is 208 Å². The molecule has 0 spiro atoms. The molecule has 0 aromatic heterocycles. The first-order valence-corrected chi connectivity index (χ1v) is 20.1. The zero-order valence-electron chi connectivity index (χ0n) is 33.0. The highest BCUT2D eigenvalue weighted by atomic mass is 16.6. The van der Waals surface area contributed by atoms with Crippen LogP contribution in [-0.4, -0.2) is 37.1 Å². The van der Waals surface area contributed by atoms with Crippen LogP contribution in [-0.2, 0) is 63.8 Å². The lowest BCUT2D eigenvalue weighted by atomic mass is 9.69. The Morgan fingerprint density at radius 3 is 1.56 bits per heavy atom. The van der Waals surface area contributed by atoms with Gasteiger partial charge in [-0.1, -0.05) is 159 Å². The third kappa shape index (κ3) is 10.5. The molecule has 1 aliphatic carbocycles. The maximum absolute atomic E-state index is 13.5. The molecular formula is C51H54O6. The summed E-state index contributed by atoms with van der Waals surface area (Å²) in [6, 6.07) is 55.3. The van der Waals surface area contributed by atoms with Gasteiger partial charge in [0.2, 0.25) is 0 Å². The number of hydrogen-bond acceptors (Lipinski definition) is 6. The summed E-state index contributed by atoms with van der Waals surface area (Å²) in [7, 11) is 1.70. The van der Waals surface area contributed by atoms with Crippen molar-refractivity contribution < 1.29 is 28.8 Å². The zero-order chi connectivity index (χ0) is 39.3. The smallest absolute Gasteiger partial charge is 0.122 e. The van der Waals surface area contributed by atoms with Crippen molar-refractivity contribution in [3.63, 3.8) is 0 Å². The van der Waals surface area contributed by atoms with Gasteiger partial charge in [-0.25, -0.2) is 0 Å². The minimum Gasteiger partial charge on any atom is -0.496 e. The molecule has 5 atom stereocenters. The molecule has 0 amide bonds. The SMILES string of the molecule is CCc1ccc(Cc2cc([C@]3(O)C[C@H](COCc4ccccc4)[C@@H](OCc4ccccc4)[C@H](OCc4ccccc4)[C@H]3OCc3ccccc3)ccc2OC)cc1. The third-order valence-corrected chi connectivity index (χ3v) is 11.0. The van der Waals surface area contributed by atoms with Gasteiger partial charge in [0, 0.05) is 12.3 Å². The molecule has 294 valence electrons. The lowest BCUT2D eigenvalue weighted by molar-refractivity contribution is -0.261. The number of aryl methyl sites for hydroxylation is 1. The van der Waals surface area contributed by atoms with Crippen molar-refractivity contribution in [1.82, 2.24) is 0 Å². The monoisotopic (exact) mass is 762 g/mol. The lowest BCUT2D eigenvalue weighted by Gasteiger charge is -2.51. The normalized spacial score (nSPS) is 20.6. The largest absolute Gasteiger partial charge is 0.496 e. The van der Waals surface area contributed by atoms with Crippen molar-refractivity contribution in [1.29, 1.82) is 0 Å². The van der Waals surface area contributed by atoms with Crippen LogP contribution in [0.3, 0.4) is 0 Å². The van der Waals surface area contributed by atoms with E-state index in [0.29, 0.717) is 39.3 Å². The molecular weight excluding hydrogens is 709 g/mol. The van der Waals surface area contributed by atoms with Crippen molar-refractivity contribution in [2.75, 3.05) is 13.7 Å². The molecule has 0 radical (unpaired) electrons. The first kappa shape index (κ1) is 40.1. The second-order valence-electron chi connectivity index (χ2n) is 15.0. The van der Waals surface area contributed by atoms with Crippen LogP contribution in [0.4, 0.5) is 0 Å². The first-order chi connectivity index (χ1) is 28.0. The van der Waals surface area contributed by atoms with Crippen LogP contribution in [0.15, 0.2) is 164 Å². The predicted octanol–water partition coefficient (Wildman–Crippen LogP) is 10.0. The average molecular weight is 763 g/mol. The fourth-order valence-electron chi connectivity index (χ4n) is 7.92. The van der Waals surface area contributed by atoms with Gasteiger partial charge in [0.05, 0.1) is 46.2 Å². The van der Waals surface area contributed by atoms with Crippen LogP contribution in [0.25, 0.3) is 0 Å². The van der Waals surface area contributed by atoms with Crippen molar-refractivity contribution in [2.24, 2.45) is 5.92 Å². The topological polar surface area (TPSA) is 66.4 Å². The van der Waals surface area contributed by atoms with E-state index in [4.69, 9.17) is 23.7 Å². The van der Waals surface area contributed by atoms with Gasteiger partial charge in [-0.15, -0.1) is 0 Å². The minimum absolute atomic E-state index is 0.257. The molecule has 6 aromatic rings. The highest BCUT2D eigenvalue weighted by Gasteiger charge is 2.56. The summed E-state index contributed by atoms with van der Waals surface area (Å²) < 4.78 is 33.3. The van der Waals surface area contributed by atoms with Crippen molar-refractivity contribution in [2.45, 2.75) is 76.5 Å². The standard InChI is InChI=1S/C51H54O6/c1-3-38-24-26-39(27-25-38)30-44-31-46(28-29-47(44)53-2)51(52)32-45(37-54-33-40-16-8-4-9-17-40)48(55-34-41-18-10-5-11-19-41)49(56-35-42-20-12-6-13-21-42)50(51)57-36-43-22-14-7-15-23-43/h4-29,31,45,48-50,52H,3,30,32-37H2,1-2H3/t45-,48-,49+,50-,51-/m1/s1. The fraction of sp³-hybridized carbons (Fsp3) is 0.294. The summed E-state index contributed by atoms with van der Waals surface area (Å²) in [6.45, 7) is 3.92. The number of rotatable bonds is 18. The summed E-state index contributed by atoms with van der Waals surface area (Å²) >= 11 is 0. The van der Waals surface area contributed by atoms with E-state index in [9.17, 15) is 5.11 Å². The molecule has 7 rings (SSSR count). The summed E-state index contributed by atoms with van der Waals surface area (Å²) in [6.07, 6.45) is -0.00129. The molecule has 0 heterocycles. The molecule has 6 nitrogen and oxygen atoms in total. The number of benzene rings is 6. The molecule has 0 aliphatic heterocycles. The van der Waals surface area contributed by atoms with Crippen LogP contribution in [0.1, 0.15) is 57.9 Å². The van der Waals surface area contributed by atoms with Crippen LogP contribution >= 0.6 is 0 Å². The zero-order valence-corrected chi connectivity index (χ0v) is 33.0. The van der Waals surface area contributed by atoms with Crippen molar-refractivity contribution in [3.8, 4) is 5.75 Å². The van der Waals surface area contributed by atoms with Gasteiger partial charge in [-0.05, 0) is 69.5 Å². The summed E-state index contributed by atoms with van der Waals surface area (Å²) in [5.74, 6) is 0.509. The van der Waals surface area contributed by atoms with Gasteiger partial charge in [0.1, 0.15) is 23.6 Å². The second-order valence-corrected chi connectivity index (χ2v) is 15.0. The van der Waals surface area contributed by atoms with E-state index < -0.39 is 23.9 Å². The molecule has 0 unspecified atom stereocenters. The number of methoxy groups -OCH3 is 1.